The molecule has 3 N–H and O–H groups in total. The van der Waals surface area contributed by atoms with Crippen LogP contribution in [-0.2, 0) is 4.79 Å². The van der Waals surface area contributed by atoms with Crippen LogP contribution in [0.15, 0.2) is 48.5 Å². The second-order valence-corrected chi connectivity index (χ2v) is 8.82. The molecule has 0 bridgehead atoms. The fourth-order valence-electron chi connectivity index (χ4n) is 4.36. The van der Waals surface area contributed by atoms with Gasteiger partial charge in [-0.2, -0.15) is 0 Å². The summed E-state index contributed by atoms with van der Waals surface area (Å²) >= 11 is 0. The van der Waals surface area contributed by atoms with E-state index in [4.69, 9.17) is 0 Å². The quantitative estimate of drug-likeness (QED) is 0.277. The summed E-state index contributed by atoms with van der Waals surface area (Å²) in [6, 6.07) is 13.1. The van der Waals surface area contributed by atoms with Crippen molar-refractivity contribution in [3.05, 3.63) is 70.8 Å². The van der Waals surface area contributed by atoms with E-state index < -0.39 is 5.97 Å². The van der Waals surface area contributed by atoms with Crippen LogP contribution in [0.5, 0.6) is 0 Å². The molecular weight excluding hydrogens is 426 g/mol. The highest BCUT2D eigenvalue weighted by atomic mass is 16.4. The molecule has 3 rings (SSSR count). The Bertz CT molecular complexity index is 1080. The maximum Gasteiger partial charge on any atom is 0.335 e. The van der Waals surface area contributed by atoms with Crippen LogP contribution in [0.1, 0.15) is 60.2 Å². The van der Waals surface area contributed by atoms with Crippen molar-refractivity contribution in [2.24, 2.45) is 0 Å². The minimum Gasteiger partial charge on any atom is -0.478 e. The number of carboxylic acid groups (broad SMARTS) is 1. The third-order valence-corrected chi connectivity index (χ3v) is 6.42. The number of anilines is 1. The number of carbonyl (C=O) groups is 2. The maximum absolute atomic E-state index is 12.6. The molecule has 0 aromatic heterocycles. The molecule has 2 aromatic carbocycles. The molecule has 1 heterocycles. The Labute approximate surface area is 202 Å². The topological polar surface area (TPSA) is 81.7 Å². The lowest BCUT2D eigenvalue weighted by Crippen LogP contribution is -2.40. The van der Waals surface area contributed by atoms with Gasteiger partial charge in [-0.05, 0) is 87.3 Å². The number of rotatable bonds is 9. The fourth-order valence-corrected chi connectivity index (χ4v) is 4.36. The van der Waals surface area contributed by atoms with Crippen LogP contribution < -0.4 is 10.6 Å². The first-order valence-electron chi connectivity index (χ1n) is 11.9. The number of piperidine rings is 1. The fraction of sp³-hybridized carbons (Fsp3) is 0.357. The number of allylic oxidation sites excluding steroid dienone is 3. The number of hydrogen-bond donors (Lipinski definition) is 3. The van der Waals surface area contributed by atoms with Gasteiger partial charge in [0.05, 0.1) is 11.3 Å². The number of nitrogens with zero attached hydrogens (tertiary/aromatic N) is 1. The normalized spacial score (nSPS) is 16.1. The van der Waals surface area contributed by atoms with Crippen LogP contribution in [0.4, 0.5) is 5.69 Å². The van der Waals surface area contributed by atoms with Crippen LogP contribution in [-0.4, -0.2) is 55.5 Å². The van der Waals surface area contributed by atoms with Crippen LogP contribution in [0.3, 0.4) is 0 Å². The summed E-state index contributed by atoms with van der Waals surface area (Å²) in [5.74, 6) is -0.973. The van der Waals surface area contributed by atoms with Crippen LogP contribution >= 0.6 is 0 Å². The molecule has 1 aliphatic rings. The predicted molar refractivity (Wildman–Crippen MR) is 140 cm³/mol. The summed E-state index contributed by atoms with van der Waals surface area (Å²) in [4.78, 5) is 26.3. The molecule has 34 heavy (non-hydrogen) atoms. The molecule has 0 spiro atoms. The summed E-state index contributed by atoms with van der Waals surface area (Å²) in [5, 5.41) is 16.2. The molecule has 2 aromatic rings. The third kappa shape index (κ3) is 5.94. The summed E-state index contributed by atoms with van der Waals surface area (Å²) in [6.45, 7) is 6.15. The van der Waals surface area contributed by atoms with Gasteiger partial charge in [-0.25, -0.2) is 4.79 Å². The van der Waals surface area contributed by atoms with Crippen molar-refractivity contribution in [2.45, 2.75) is 39.2 Å². The van der Waals surface area contributed by atoms with E-state index >= 15 is 0 Å². The Kier molecular flexibility index (Phi) is 8.66. The number of carbonyl (C=O) groups excluding carboxylic acids is 1. The van der Waals surface area contributed by atoms with Gasteiger partial charge < -0.3 is 20.6 Å². The van der Waals surface area contributed by atoms with Gasteiger partial charge in [-0.15, -0.1) is 0 Å². The Balaban J connectivity index is 2.17. The van der Waals surface area contributed by atoms with Crippen molar-refractivity contribution in [2.75, 3.05) is 32.5 Å². The van der Waals surface area contributed by atoms with Gasteiger partial charge in [0.15, 0.2) is 6.29 Å². The molecule has 6 heteroatoms. The number of hydrogen-bond acceptors (Lipinski definition) is 5. The average molecular weight is 462 g/mol. The first kappa shape index (κ1) is 25.2. The zero-order valence-corrected chi connectivity index (χ0v) is 20.5. The SMILES string of the molecule is CC/C=C(\C)c1ccc(NC)c(/C(C=O)=C(/NC2CCN(C)CC2)c2ccc(C(=O)O)cc2)c1. The maximum atomic E-state index is 12.6. The van der Waals surface area contributed by atoms with Crippen molar-refractivity contribution in [3.8, 4) is 0 Å². The summed E-state index contributed by atoms with van der Waals surface area (Å²) in [6.07, 6.45) is 5.95. The molecule has 0 unspecified atom stereocenters. The van der Waals surface area contributed by atoms with Gasteiger partial charge in [-0.3, -0.25) is 4.79 Å². The van der Waals surface area contributed by atoms with E-state index in [0.717, 1.165) is 72.3 Å². The van der Waals surface area contributed by atoms with E-state index in [2.05, 4.69) is 54.6 Å². The molecule has 0 saturated carbocycles. The monoisotopic (exact) mass is 461 g/mol. The highest BCUT2D eigenvalue weighted by molar-refractivity contribution is 6.19. The number of benzene rings is 2. The number of aromatic carboxylic acids is 1. The van der Waals surface area contributed by atoms with E-state index in [9.17, 15) is 14.7 Å². The second-order valence-electron chi connectivity index (χ2n) is 8.82. The van der Waals surface area contributed by atoms with Crippen molar-refractivity contribution in [1.29, 1.82) is 0 Å². The highest BCUT2D eigenvalue weighted by Gasteiger charge is 2.22. The van der Waals surface area contributed by atoms with E-state index in [0.29, 0.717) is 5.57 Å². The smallest absolute Gasteiger partial charge is 0.335 e. The van der Waals surface area contributed by atoms with Gasteiger partial charge in [0.25, 0.3) is 0 Å². The lowest BCUT2D eigenvalue weighted by Gasteiger charge is -2.31. The van der Waals surface area contributed by atoms with Crippen LogP contribution in [0, 0.1) is 0 Å². The summed E-state index contributed by atoms with van der Waals surface area (Å²) in [7, 11) is 3.96. The number of likely N-dealkylation sites (tertiary alicyclic amines) is 1. The first-order valence-corrected chi connectivity index (χ1v) is 11.9. The standard InChI is InChI=1S/C28H35N3O3/c1-5-6-19(2)22-11-12-26(29-3)24(17-22)25(18-32)27(30-23-13-15-31(4)16-14-23)20-7-9-21(10-8-20)28(33)34/h6-12,17-18,23,29-30H,5,13-16H2,1-4H3,(H,33,34)/b19-6+,27-25+. The molecule has 6 nitrogen and oxygen atoms in total. The van der Waals surface area contributed by atoms with E-state index in [-0.39, 0.29) is 11.6 Å². The highest BCUT2D eigenvalue weighted by Crippen LogP contribution is 2.32. The summed E-state index contributed by atoms with van der Waals surface area (Å²) < 4.78 is 0. The predicted octanol–water partition coefficient (Wildman–Crippen LogP) is 4.99. The molecule has 0 atom stereocenters. The summed E-state index contributed by atoms with van der Waals surface area (Å²) in [5.41, 5.74) is 6.19. The van der Waals surface area contributed by atoms with Gasteiger partial charge in [0.1, 0.15) is 0 Å². The van der Waals surface area contributed by atoms with Crippen LogP contribution in [0.2, 0.25) is 0 Å². The minimum atomic E-state index is -0.973. The Morgan fingerprint density at radius 2 is 1.71 bits per heavy atom. The Morgan fingerprint density at radius 3 is 2.26 bits per heavy atom. The van der Waals surface area contributed by atoms with E-state index in [1.54, 1.807) is 24.3 Å². The van der Waals surface area contributed by atoms with Crippen LogP contribution in [0.25, 0.3) is 16.8 Å². The third-order valence-electron chi connectivity index (χ3n) is 6.42. The number of nitrogens with one attached hydrogen (secondary N) is 2. The zero-order valence-electron chi connectivity index (χ0n) is 20.5. The number of carboxylic acids is 1. The minimum absolute atomic E-state index is 0.216. The first-order chi connectivity index (χ1) is 16.4. The van der Waals surface area contributed by atoms with E-state index in [1.807, 2.05) is 13.1 Å². The largest absolute Gasteiger partial charge is 0.478 e. The Morgan fingerprint density at radius 1 is 1.09 bits per heavy atom. The number of aldehydes is 1. The molecular formula is C28H35N3O3. The van der Waals surface area contributed by atoms with Gasteiger partial charge >= 0.3 is 5.97 Å². The van der Waals surface area contributed by atoms with E-state index in [1.165, 1.54) is 0 Å². The lowest BCUT2D eigenvalue weighted by atomic mass is 9.93. The molecule has 1 saturated heterocycles. The van der Waals surface area contributed by atoms with Gasteiger partial charge in [0.2, 0.25) is 0 Å². The molecule has 1 fully saturated rings. The molecule has 1 aliphatic heterocycles. The van der Waals surface area contributed by atoms with Gasteiger partial charge in [-0.1, -0.05) is 31.2 Å². The average Bonchev–Trinajstić information content (AvgIpc) is 2.85. The van der Waals surface area contributed by atoms with Crippen molar-refractivity contribution in [1.82, 2.24) is 10.2 Å². The lowest BCUT2D eigenvalue weighted by molar-refractivity contribution is -0.103. The van der Waals surface area contributed by atoms with Crippen molar-refractivity contribution >= 4 is 34.8 Å². The van der Waals surface area contributed by atoms with Gasteiger partial charge in [0, 0.05) is 29.9 Å². The zero-order chi connectivity index (χ0) is 24.7. The molecule has 180 valence electrons. The second kappa shape index (κ2) is 11.7. The van der Waals surface area contributed by atoms with Crippen molar-refractivity contribution in [3.63, 3.8) is 0 Å². The Hall–Kier alpha value is -3.38. The molecule has 0 amide bonds. The molecule has 0 radical (unpaired) electrons. The van der Waals surface area contributed by atoms with Crippen molar-refractivity contribution < 1.29 is 14.7 Å². The molecule has 0 aliphatic carbocycles.